The molecule has 0 saturated carbocycles. The van der Waals surface area contributed by atoms with E-state index in [-0.39, 0.29) is 5.82 Å². The highest BCUT2D eigenvalue weighted by Gasteiger charge is 2.19. The molecule has 0 radical (unpaired) electrons. The normalized spacial score (nSPS) is 15.4. The van der Waals surface area contributed by atoms with Gasteiger partial charge in [0.25, 0.3) is 0 Å². The molecule has 0 aliphatic carbocycles. The molecule has 1 aliphatic rings. The van der Waals surface area contributed by atoms with Gasteiger partial charge in [0.2, 0.25) is 0 Å². The van der Waals surface area contributed by atoms with E-state index in [4.69, 9.17) is 5.73 Å². The Bertz CT molecular complexity index is 580. The first kappa shape index (κ1) is 12.7. The van der Waals surface area contributed by atoms with Crippen molar-refractivity contribution in [3.63, 3.8) is 0 Å². The van der Waals surface area contributed by atoms with Crippen LogP contribution in [0.2, 0.25) is 0 Å². The second kappa shape index (κ2) is 5.36. The Labute approximate surface area is 117 Å². The second-order valence-electron chi connectivity index (χ2n) is 4.87. The van der Waals surface area contributed by atoms with Crippen LogP contribution in [-0.2, 0) is 0 Å². The lowest BCUT2D eigenvalue weighted by Crippen LogP contribution is -2.47. The first-order chi connectivity index (χ1) is 9.74. The van der Waals surface area contributed by atoms with E-state index in [0.29, 0.717) is 5.69 Å². The largest absolute Gasteiger partial charge is 0.397 e. The third-order valence-electron chi connectivity index (χ3n) is 3.58. The van der Waals surface area contributed by atoms with Crippen molar-refractivity contribution in [1.82, 2.24) is 4.98 Å². The smallest absolute Gasteiger partial charge is 0.128 e. The average molecular weight is 272 g/mol. The van der Waals surface area contributed by atoms with E-state index >= 15 is 0 Å². The molecule has 0 unspecified atom stereocenters. The van der Waals surface area contributed by atoms with Gasteiger partial charge in [-0.2, -0.15) is 0 Å². The van der Waals surface area contributed by atoms with Crippen LogP contribution in [0.5, 0.6) is 0 Å². The van der Waals surface area contributed by atoms with Gasteiger partial charge in [0, 0.05) is 32.4 Å². The highest BCUT2D eigenvalue weighted by atomic mass is 19.1. The van der Waals surface area contributed by atoms with Gasteiger partial charge >= 0.3 is 0 Å². The maximum absolute atomic E-state index is 13.1. The summed E-state index contributed by atoms with van der Waals surface area (Å²) in [6, 6.07) is 10.5. The second-order valence-corrected chi connectivity index (χ2v) is 4.87. The van der Waals surface area contributed by atoms with Gasteiger partial charge in [-0.3, -0.25) is 0 Å². The highest BCUT2D eigenvalue weighted by molar-refractivity contribution is 5.68. The van der Waals surface area contributed by atoms with Crippen LogP contribution in [-0.4, -0.2) is 31.2 Å². The van der Waals surface area contributed by atoms with Crippen molar-refractivity contribution in [2.75, 3.05) is 41.7 Å². The van der Waals surface area contributed by atoms with Gasteiger partial charge in [-0.05, 0) is 30.3 Å². The zero-order valence-corrected chi connectivity index (χ0v) is 11.2. The number of nitrogens with two attached hydrogens (primary N) is 1. The molecule has 2 aromatic rings. The lowest BCUT2D eigenvalue weighted by molar-refractivity contribution is 0.625. The SMILES string of the molecule is Nc1cc(F)ccc1N1CCN(c2ccccn2)CC1. The molecule has 1 fully saturated rings. The summed E-state index contributed by atoms with van der Waals surface area (Å²) in [5.41, 5.74) is 7.30. The number of hydrogen-bond acceptors (Lipinski definition) is 4. The summed E-state index contributed by atoms with van der Waals surface area (Å²) in [5, 5.41) is 0. The molecule has 20 heavy (non-hydrogen) atoms. The van der Waals surface area contributed by atoms with Crippen molar-refractivity contribution >= 4 is 17.2 Å². The summed E-state index contributed by atoms with van der Waals surface area (Å²) in [4.78, 5) is 8.80. The number of pyridine rings is 1. The van der Waals surface area contributed by atoms with Crippen molar-refractivity contribution in [1.29, 1.82) is 0 Å². The molecular formula is C15H17FN4. The number of anilines is 3. The minimum Gasteiger partial charge on any atom is -0.397 e. The maximum Gasteiger partial charge on any atom is 0.128 e. The number of nitrogen functional groups attached to an aromatic ring is 1. The molecular weight excluding hydrogens is 255 g/mol. The molecule has 1 aliphatic heterocycles. The lowest BCUT2D eigenvalue weighted by atomic mass is 10.2. The Balaban J connectivity index is 1.69. The summed E-state index contributed by atoms with van der Waals surface area (Å²) in [7, 11) is 0. The molecule has 1 saturated heterocycles. The molecule has 0 atom stereocenters. The first-order valence-electron chi connectivity index (χ1n) is 6.70. The third-order valence-corrected chi connectivity index (χ3v) is 3.58. The fourth-order valence-corrected chi connectivity index (χ4v) is 2.53. The third kappa shape index (κ3) is 2.52. The number of hydrogen-bond donors (Lipinski definition) is 1. The van der Waals surface area contributed by atoms with Gasteiger partial charge in [0.05, 0.1) is 11.4 Å². The molecule has 4 nitrogen and oxygen atoms in total. The summed E-state index contributed by atoms with van der Waals surface area (Å²) in [5.74, 6) is 0.706. The average Bonchev–Trinajstić information content (AvgIpc) is 2.48. The number of nitrogens with zero attached hydrogens (tertiary/aromatic N) is 3. The van der Waals surface area contributed by atoms with E-state index in [0.717, 1.165) is 37.7 Å². The summed E-state index contributed by atoms with van der Waals surface area (Å²) < 4.78 is 13.1. The Morgan fingerprint density at radius 1 is 1.00 bits per heavy atom. The van der Waals surface area contributed by atoms with E-state index in [1.54, 1.807) is 12.3 Å². The minimum atomic E-state index is -0.293. The lowest BCUT2D eigenvalue weighted by Gasteiger charge is -2.37. The standard InChI is InChI=1S/C15H17FN4/c16-12-4-5-14(13(17)11-12)19-7-9-20(10-8-19)15-3-1-2-6-18-15/h1-6,11H,7-10,17H2. The topological polar surface area (TPSA) is 45.4 Å². The van der Waals surface area contributed by atoms with E-state index in [1.165, 1.54) is 12.1 Å². The number of piperazine rings is 1. The fourth-order valence-electron chi connectivity index (χ4n) is 2.53. The van der Waals surface area contributed by atoms with Gasteiger partial charge in [0.15, 0.2) is 0 Å². The molecule has 0 spiro atoms. The first-order valence-corrected chi connectivity index (χ1v) is 6.70. The molecule has 1 aromatic heterocycles. The highest BCUT2D eigenvalue weighted by Crippen LogP contribution is 2.25. The molecule has 0 bridgehead atoms. The van der Waals surface area contributed by atoms with Crippen LogP contribution in [0, 0.1) is 5.82 Å². The van der Waals surface area contributed by atoms with E-state index in [9.17, 15) is 4.39 Å². The fraction of sp³-hybridized carbons (Fsp3) is 0.267. The zero-order valence-electron chi connectivity index (χ0n) is 11.2. The number of benzene rings is 1. The quantitative estimate of drug-likeness (QED) is 0.851. The molecule has 1 aromatic carbocycles. The number of aromatic nitrogens is 1. The van der Waals surface area contributed by atoms with E-state index < -0.39 is 0 Å². The molecule has 104 valence electrons. The number of halogens is 1. The molecule has 5 heteroatoms. The molecule has 0 amide bonds. The summed E-state index contributed by atoms with van der Waals surface area (Å²) >= 11 is 0. The molecule has 2 heterocycles. The molecule has 2 N–H and O–H groups in total. The summed E-state index contributed by atoms with van der Waals surface area (Å²) in [6.07, 6.45) is 1.81. The van der Waals surface area contributed by atoms with Crippen LogP contribution in [0.15, 0.2) is 42.6 Å². The van der Waals surface area contributed by atoms with Gasteiger partial charge in [-0.15, -0.1) is 0 Å². The predicted molar refractivity (Wildman–Crippen MR) is 79.5 cm³/mol. The summed E-state index contributed by atoms with van der Waals surface area (Å²) in [6.45, 7) is 3.47. The van der Waals surface area contributed by atoms with Crippen LogP contribution in [0.25, 0.3) is 0 Å². The molecule has 3 rings (SSSR count). The Kier molecular flexibility index (Phi) is 3.41. The van der Waals surface area contributed by atoms with Crippen molar-refractivity contribution in [2.45, 2.75) is 0 Å². The van der Waals surface area contributed by atoms with Crippen LogP contribution in [0.1, 0.15) is 0 Å². The minimum absolute atomic E-state index is 0.293. The maximum atomic E-state index is 13.1. The Morgan fingerprint density at radius 3 is 2.40 bits per heavy atom. The monoisotopic (exact) mass is 272 g/mol. The van der Waals surface area contributed by atoms with Gasteiger partial charge < -0.3 is 15.5 Å². The van der Waals surface area contributed by atoms with Crippen molar-refractivity contribution in [3.8, 4) is 0 Å². The van der Waals surface area contributed by atoms with Gasteiger partial charge in [-0.25, -0.2) is 9.37 Å². The predicted octanol–water partition coefficient (Wildman–Crippen LogP) is 2.13. The number of rotatable bonds is 2. The van der Waals surface area contributed by atoms with Gasteiger partial charge in [-0.1, -0.05) is 6.07 Å². The zero-order chi connectivity index (χ0) is 13.9. The van der Waals surface area contributed by atoms with E-state index in [2.05, 4.69) is 14.8 Å². The Morgan fingerprint density at radius 2 is 1.75 bits per heavy atom. The van der Waals surface area contributed by atoms with Crippen LogP contribution in [0.4, 0.5) is 21.6 Å². The van der Waals surface area contributed by atoms with E-state index in [1.807, 2.05) is 18.2 Å². The van der Waals surface area contributed by atoms with Crippen LogP contribution >= 0.6 is 0 Å². The van der Waals surface area contributed by atoms with Crippen molar-refractivity contribution in [2.24, 2.45) is 0 Å². The van der Waals surface area contributed by atoms with Crippen molar-refractivity contribution in [3.05, 3.63) is 48.4 Å². The van der Waals surface area contributed by atoms with Crippen molar-refractivity contribution < 1.29 is 4.39 Å². The van der Waals surface area contributed by atoms with Crippen LogP contribution in [0.3, 0.4) is 0 Å². The van der Waals surface area contributed by atoms with Gasteiger partial charge in [0.1, 0.15) is 11.6 Å². The Hall–Kier alpha value is -2.30. The van der Waals surface area contributed by atoms with Crippen LogP contribution < -0.4 is 15.5 Å².